The Bertz CT molecular complexity index is 647. The summed E-state index contributed by atoms with van der Waals surface area (Å²) in [5.74, 6) is 0.558. The molecule has 3 heteroatoms. The van der Waals surface area contributed by atoms with E-state index in [0.29, 0.717) is 5.75 Å². The number of nitrogens with one attached hydrogen (secondary N) is 1. The second kappa shape index (κ2) is 7.12. The second-order valence-corrected chi connectivity index (χ2v) is 5.55. The fourth-order valence-corrected chi connectivity index (χ4v) is 2.12. The molecule has 1 atom stereocenters. The van der Waals surface area contributed by atoms with Gasteiger partial charge in [-0.3, -0.25) is 4.79 Å². The lowest BCUT2D eigenvalue weighted by molar-refractivity contribution is -0.122. The lowest BCUT2D eigenvalue weighted by Crippen LogP contribution is -2.30. The number of benzene rings is 2. The number of anilines is 1. The van der Waals surface area contributed by atoms with E-state index in [9.17, 15) is 4.79 Å². The summed E-state index contributed by atoms with van der Waals surface area (Å²) >= 11 is 0. The fourth-order valence-electron chi connectivity index (χ4n) is 2.12. The van der Waals surface area contributed by atoms with Crippen molar-refractivity contribution in [2.45, 2.75) is 40.2 Å². The lowest BCUT2D eigenvalue weighted by atomic mass is 10.1. The van der Waals surface area contributed by atoms with Crippen molar-refractivity contribution in [3.8, 4) is 5.75 Å². The van der Waals surface area contributed by atoms with Crippen molar-refractivity contribution in [3.05, 3.63) is 59.2 Å². The van der Waals surface area contributed by atoms with Crippen molar-refractivity contribution in [1.29, 1.82) is 0 Å². The predicted octanol–water partition coefficient (Wildman–Crippen LogP) is 4.27. The summed E-state index contributed by atoms with van der Waals surface area (Å²) in [4.78, 5) is 12.2. The van der Waals surface area contributed by atoms with Gasteiger partial charge in [-0.25, -0.2) is 0 Å². The van der Waals surface area contributed by atoms with Crippen LogP contribution in [0.2, 0.25) is 0 Å². The average Bonchev–Trinajstić information content (AvgIpc) is 2.51. The molecule has 0 heterocycles. The molecule has 1 amide bonds. The van der Waals surface area contributed by atoms with E-state index in [1.165, 1.54) is 11.1 Å². The van der Waals surface area contributed by atoms with E-state index < -0.39 is 6.10 Å². The summed E-state index contributed by atoms with van der Waals surface area (Å²) < 4.78 is 5.69. The van der Waals surface area contributed by atoms with Crippen LogP contribution in [-0.4, -0.2) is 12.0 Å². The standard InChI is InChI=1S/C19H23NO2/c1-5-16-7-10-18(11-8-16)22-15(4)19(21)20-17-9-6-13(2)14(3)12-17/h6-12,15H,5H2,1-4H3,(H,20,21)/t15-/m1/s1. The Hall–Kier alpha value is -2.29. The molecule has 0 fully saturated rings. The fraction of sp³-hybridized carbons (Fsp3) is 0.316. The van der Waals surface area contributed by atoms with Gasteiger partial charge in [0.1, 0.15) is 5.75 Å². The SMILES string of the molecule is CCc1ccc(O[C@H](C)C(=O)Nc2ccc(C)c(C)c2)cc1. The first kappa shape index (κ1) is 16.1. The largest absolute Gasteiger partial charge is 0.481 e. The van der Waals surface area contributed by atoms with Crippen LogP contribution in [0.25, 0.3) is 0 Å². The van der Waals surface area contributed by atoms with Crippen LogP contribution >= 0.6 is 0 Å². The number of aryl methyl sites for hydroxylation is 3. The highest BCUT2D eigenvalue weighted by molar-refractivity contribution is 5.94. The summed E-state index contributed by atoms with van der Waals surface area (Å²) in [5, 5.41) is 2.89. The molecule has 2 aromatic rings. The van der Waals surface area contributed by atoms with Crippen LogP contribution in [0.4, 0.5) is 5.69 Å². The molecule has 116 valence electrons. The summed E-state index contributed by atoms with van der Waals surface area (Å²) in [5.41, 5.74) is 4.41. The molecule has 0 saturated heterocycles. The molecular weight excluding hydrogens is 274 g/mol. The molecule has 0 spiro atoms. The molecule has 2 aromatic carbocycles. The monoisotopic (exact) mass is 297 g/mol. The first-order chi connectivity index (χ1) is 10.5. The lowest BCUT2D eigenvalue weighted by Gasteiger charge is -2.15. The number of hydrogen-bond donors (Lipinski definition) is 1. The molecule has 0 aliphatic rings. The van der Waals surface area contributed by atoms with E-state index in [2.05, 4.69) is 12.2 Å². The Balaban J connectivity index is 1.97. The van der Waals surface area contributed by atoms with E-state index >= 15 is 0 Å². The molecule has 0 saturated carbocycles. The maximum atomic E-state index is 12.2. The smallest absolute Gasteiger partial charge is 0.265 e. The van der Waals surface area contributed by atoms with Crippen LogP contribution < -0.4 is 10.1 Å². The summed E-state index contributed by atoms with van der Waals surface area (Å²) in [6, 6.07) is 13.7. The van der Waals surface area contributed by atoms with Crippen LogP contribution in [0, 0.1) is 13.8 Å². The maximum absolute atomic E-state index is 12.2. The van der Waals surface area contributed by atoms with Crippen LogP contribution in [-0.2, 0) is 11.2 Å². The van der Waals surface area contributed by atoms with Gasteiger partial charge in [0.15, 0.2) is 6.10 Å². The highest BCUT2D eigenvalue weighted by Crippen LogP contribution is 2.17. The number of carbonyl (C=O) groups excluding carboxylic acids is 1. The number of ether oxygens (including phenoxy) is 1. The molecule has 1 N–H and O–H groups in total. The van der Waals surface area contributed by atoms with Crippen molar-refractivity contribution >= 4 is 11.6 Å². The molecule has 0 aromatic heterocycles. The van der Waals surface area contributed by atoms with Crippen LogP contribution in [0.3, 0.4) is 0 Å². The minimum atomic E-state index is -0.547. The number of hydrogen-bond acceptors (Lipinski definition) is 2. The number of rotatable bonds is 5. The van der Waals surface area contributed by atoms with Crippen LogP contribution in [0.1, 0.15) is 30.5 Å². The van der Waals surface area contributed by atoms with Gasteiger partial charge < -0.3 is 10.1 Å². The van der Waals surface area contributed by atoms with Crippen LogP contribution in [0.5, 0.6) is 5.75 Å². The van der Waals surface area contributed by atoms with E-state index in [4.69, 9.17) is 4.74 Å². The molecule has 0 bridgehead atoms. The van der Waals surface area contributed by atoms with Gasteiger partial charge in [-0.2, -0.15) is 0 Å². The van der Waals surface area contributed by atoms with Gasteiger partial charge in [0.05, 0.1) is 0 Å². The zero-order valence-electron chi connectivity index (χ0n) is 13.6. The molecule has 0 unspecified atom stereocenters. The van der Waals surface area contributed by atoms with Gasteiger partial charge in [-0.1, -0.05) is 25.1 Å². The molecule has 0 aliphatic heterocycles. The number of amides is 1. The molecule has 0 aliphatic carbocycles. The van der Waals surface area contributed by atoms with E-state index in [0.717, 1.165) is 17.7 Å². The summed E-state index contributed by atoms with van der Waals surface area (Å²) in [6.07, 6.45) is 0.442. The minimum absolute atomic E-state index is 0.150. The van der Waals surface area contributed by atoms with Gasteiger partial charge in [0, 0.05) is 5.69 Å². The summed E-state index contributed by atoms with van der Waals surface area (Å²) in [6.45, 7) is 7.94. The third-order valence-electron chi connectivity index (χ3n) is 3.79. The van der Waals surface area contributed by atoms with Gasteiger partial charge in [0.25, 0.3) is 5.91 Å². The van der Waals surface area contributed by atoms with Gasteiger partial charge in [0.2, 0.25) is 0 Å². The number of carbonyl (C=O) groups is 1. The Kier molecular flexibility index (Phi) is 5.21. The highest BCUT2D eigenvalue weighted by Gasteiger charge is 2.15. The van der Waals surface area contributed by atoms with E-state index in [1.807, 2.05) is 56.3 Å². The van der Waals surface area contributed by atoms with Crippen molar-refractivity contribution in [2.75, 3.05) is 5.32 Å². The van der Waals surface area contributed by atoms with E-state index in [-0.39, 0.29) is 5.91 Å². The molecule has 22 heavy (non-hydrogen) atoms. The predicted molar refractivity (Wildman–Crippen MR) is 90.5 cm³/mol. The Morgan fingerprint density at radius 2 is 1.77 bits per heavy atom. The first-order valence-corrected chi connectivity index (χ1v) is 7.63. The maximum Gasteiger partial charge on any atom is 0.265 e. The molecule has 0 radical (unpaired) electrons. The van der Waals surface area contributed by atoms with Gasteiger partial charge in [-0.05, 0) is 68.1 Å². The zero-order chi connectivity index (χ0) is 16.1. The van der Waals surface area contributed by atoms with Crippen molar-refractivity contribution in [3.63, 3.8) is 0 Å². The summed E-state index contributed by atoms with van der Waals surface area (Å²) in [7, 11) is 0. The van der Waals surface area contributed by atoms with Crippen LogP contribution in [0.15, 0.2) is 42.5 Å². The molecule has 2 rings (SSSR count). The Morgan fingerprint density at radius 3 is 2.36 bits per heavy atom. The van der Waals surface area contributed by atoms with Gasteiger partial charge in [-0.15, -0.1) is 0 Å². The average molecular weight is 297 g/mol. The van der Waals surface area contributed by atoms with E-state index in [1.54, 1.807) is 6.92 Å². The second-order valence-electron chi connectivity index (χ2n) is 5.55. The third-order valence-corrected chi connectivity index (χ3v) is 3.79. The Morgan fingerprint density at radius 1 is 1.09 bits per heavy atom. The van der Waals surface area contributed by atoms with Crippen molar-refractivity contribution in [2.24, 2.45) is 0 Å². The third kappa shape index (κ3) is 4.10. The minimum Gasteiger partial charge on any atom is -0.481 e. The zero-order valence-corrected chi connectivity index (χ0v) is 13.6. The quantitative estimate of drug-likeness (QED) is 0.895. The van der Waals surface area contributed by atoms with Gasteiger partial charge >= 0.3 is 0 Å². The van der Waals surface area contributed by atoms with Crippen molar-refractivity contribution < 1.29 is 9.53 Å². The topological polar surface area (TPSA) is 38.3 Å². The molecular formula is C19H23NO2. The normalized spacial score (nSPS) is 11.8. The first-order valence-electron chi connectivity index (χ1n) is 7.63. The molecule has 3 nitrogen and oxygen atoms in total. The van der Waals surface area contributed by atoms with Crippen molar-refractivity contribution in [1.82, 2.24) is 0 Å². The highest BCUT2D eigenvalue weighted by atomic mass is 16.5. The Labute approximate surface area is 132 Å².